The summed E-state index contributed by atoms with van der Waals surface area (Å²) in [4.78, 5) is 37.7. The zero-order valence-electron chi connectivity index (χ0n) is 36.8. The van der Waals surface area contributed by atoms with Gasteiger partial charge in [-0.2, -0.15) is 0 Å². The molecule has 0 saturated carbocycles. The lowest BCUT2D eigenvalue weighted by molar-refractivity contribution is -0.167. The van der Waals surface area contributed by atoms with Gasteiger partial charge in [0.1, 0.15) is 13.2 Å². The SMILES string of the molecule is CCCCCCCCCCCCCCCCCCC(=O)O[C@H](COC(=O)CCCCCCCCCC(C)C)COC(=O)CCCCCCCCC(C)CC. The van der Waals surface area contributed by atoms with Crippen molar-refractivity contribution in [3.05, 3.63) is 0 Å². The number of hydrogen-bond acceptors (Lipinski definition) is 6. The molecule has 0 N–H and O–H groups in total. The Bertz CT molecular complexity index is 826. The van der Waals surface area contributed by atoms with Crippen LogP contribution in [0.4, 0.5) is 0 Å². The molecular formula is C48H92O6. The van der Waals surface area contributed by atoms with E-state index in [4.69, 9.17) is 14.2 Å². The molecule has 0 aliphatic carbocycles. The molecule has 320 valence electrons. The van der Waals surface area contributed by atoms with Crippen LogP contribution in [0.25, 0.3) is 0 Å². The van der Waals surface area contributed by atoms with Crippen molar-refractivity contribution in [2.75, 3.05) is 13.2 Å². The zero-order chi connectivity index (χ0) is 39.7. The fourth-order valence-electron chi connectivity index (χ4n) is 7.07. The highest BCUT2D eigenvalue weighted by atomic mass is 16.6. The molecule has 0 heterocycles. The Balaban J connectivity index is 4.31. The van der Waals surface area contributed by atoms with Crippen LogP contribution in [0.2, 0.25) is 0 Å². The molecule has 0 rings (SSSR count). The Morgan fingerprint density at radius 3 is 1.06 bits per heavy atom. The summed E-state index contributed by atoms with van der Waals surface area (Å²) in [5, 5.41) is 0. The largest absolute Gasteiger partial charge is 0.462 e. The predicted molar refractivity (Wildman–Crippen MR) is 229 cm³/mol. The summed E-state index contributed by atoms with van der Waals surface area (Å²) in [6.07, 6.45) is 39.5. The number of rotatable bonds is 42. The Morgan fingerprint density at radius 2 is 0.704 bits per heavy atom. The van der Waals surface area contributed by atoms with Gasteiger partial charge in [0.25, 0.3) is 0 Å². The van der Waals surface area contributed by atoms with E-state index in [-0.39, 0.29) is 31.1 Å². The van der Waals surface area contributed by atoms with E-state index in [9.17, 15) is 14.4 Å². The first kappa shape index (κ1) is 52.4. The molecule has 54 heavy (non-hydrogen) atoms. The monoisotopic (exact) mass is 765 g/mol. The number of esters is 3. The van der Waals surface area contributed by atoms with Crippen LogP contribution in [0.15, 0.2) is 0 Å². The van der Waals surface area contributed by atoms with Gasteiger partial charge in [-0.15, -0.1) is 0 Å². The number of hydrogen-bond donors (Lipinski definition) is 0. The van der Waals surface area contributed by atoms with Crippen LogP contribution in [0.3, 0.4) is 0 Å². The van der Waals surface area contributed by atoms with Gasteiger partial charge in [0, 0.05) is 19.3 Å². The van der Waals surface area contributed by atoms with Crippen LogP contribution < -0.4 is 0 Å². The molecule has 0 amide bonds. The summed E-state index contributed by atoms with van der Waals surface area (Å²) < 4.78 is 16.7. The summed E-state index contributed by atoms with van der Waals surface area (Å²) >= 11 is 0. The summed E-state index contributed by atoms with van der Waals surface area (Å²) in [6.45, 7) is 11.3. The van der Waals surface area contributed by atoms with Gasteiger partial charge in [-0.3, -0.25) is 14.4 Å². The number of carbonyl (C=O) groups excluding carboxylic acids is 3. The molecule has 6 nitrogen and oxygen atoms in total. The van der Waals surface area contributed by atoms with Gasteiger partial charge in [0.15, 0.2) is 6.10 Å². The summed E-state index contributed by atoms with van der Waals surface area (Å²) in [6, 6.07) is 0. The van der Waals surface area contributed by atoms with E-state index in [0.717, 1.165) is 69.6 Å². The first-order valence-electron chi connectivity index (χ1n) is 23.8. The van der Waals surface area contributed by atoms with Crippen molar-refractivity contribution >= 4 is 17.9 Å². The molecule has 1 unspecified atom stereocenters. The molecule has 0 aromatic rings. The molecule has 0 aromatic heterocycles. The quantitative estimate of drug-likeness (QED) is 0.0350. The van der Waals surface area contributed by atoms with Gasteiger partial charge in [-0.1, -0.05) is 221 Å². The normalized spacial score (nSPS) is 12.6. The highest BCUT2D eigenvalue weighted by Crippen LogP contribution is 2.17. The highest BCUT2D eigenvalue weighted by molar-refractivity contribution is 5.71. The lowest BCUT2D eigenvalue weighted by Crippen LogP contribution is -2.30. The predicted octanol–water partition coefficient (Wildman–Crippen LogP) is 15.0. The van der Waals surface area contributed by atoms with Gasteiger partial charge in [-0.25, -0.2) is 0 Å². The van der Waals surface area contributed by atoms with Crippen molar-refractivity contribution in [3.63, 3.8) is 0 Å². The molecule has 0 aromatic carbocycles. The zero-order valence-corrected chi connectivity index (χ0v) is 36.8. The van der Waals surface area contributed by atoms with Crippen LogP contribution >= 0.6 is 0 Å². The van der Waals surface area contributed by atoms with Crippen molar-refractivity contribution in [3.8, 4) is 0 Å². The smallest absolute Gasteiger partial charge is 0.306 e. The average molecular weight is 765 g/mol. The molecule has 6 heteroatoms. The third kappa shape index (κ3) is 40.1. The molecular weight excluding hydrogens is 673 g/mol. The molecule has 0 bridgehead atoms. The van der Waals surface area contributed by atoms with E-state index < -0.39 is 6.10 Å². The van der Waals surface area contributed by atoms with E-state index in [1.807, 2.05) is 0 Å². The van der Waals surface area contributed by atoms with E-state index >= 15 is 0 Å². The molecule has 0 saturated heterocycles. The summed E-state index contributed by atoms with van der Waals surface area (Å²) in [7, 11) is 0. The average Bonchev–Trinajstić information content (AvgIpc) is 3.15. The van der Waals surface area contributed by atoms with Crippen LogP contribution in [-0.2, 0) is 28.6 Å². The minimum absolute atomic E-state index is 0.0662. The van der Waals surface area contributed by atoms with Crippen LogP contribution in [-0.4, -0.2) is 37.2 Å². The van der Waals surface area contributed by atoms with Crippen LogP contribution in [0.5, 0.6) is 0 Å². The first-order chi connectivity index (χ1) is 26.3. The Morgan fingerprint density at radius 1 is 0.389 bits per heavy atom. The maximum absolute atomic E-state index is 12.7. The third-order valence-electron chi connectivity index (χ3n) is 11.1. The van der Waals surface area contributed by atoms with E-state index in [0.29, 0.717) is 19.3 Å². The Kier molecular flexibility index (Phi) is 39.8. The third-order valence-corrected chi connectivity index (χ3v) is 11.1. The first-order valence-corrected chi connectivity index (χ1v) is 23.8. The second kappa shape index (κ2) is 41.1. The van der Waals surface area contributed by atoms with Crippen molar-refractivity contribution < 1.29 is 28.6 Å². The molecule has 0 aliphatic rings. The van der Waals surface area contributed by atoms with E-state index in [1.165, 1.54) is 148 Å². The van der Waals surface area contributed by atoms with Crippen molar-refractivity contribution in [1.82, 2.24) is 0 Å². The lowest BCUT2D eigenvalue weighted by Gasteiger charge is -2.18. The topological polar surface area (TPSA) is 78.9 Å². The fraction of sp³-hybridized carbons (Fsp3) is 0.938. The van der Waals surface area contributed by atoms with Gasteiger partial charge in [-0.05, 0) is 31.1 Å². The highest BCUT2D eigenvalue weighted by Gasteiger charge is 2.19. The lowest BCUT2D eigenvalue weighted by atomic mass is 10.00. The number of unbranched alkanes of at least 4 members (excludes halogenated alkanes) is 26. The van der Waals surface area contributed by atoms with Crippen LogP contribution in [0, 0.1) is 11.8 Å². The van der Waals surface area contributed by atoms with Gasteiger partial charge in [0.2, 0.25) is 0 Å². The van der Waals surface area contributed by atoms with Crippen molar-refractivity contribution in [1.29, 1.82) is 0 Å². The maximum atomic E-state index is 12.7. The van der Waals surface area contributed by atoms with Gasteiger partial charge in [0.05, 0.1) is 0 Å². The molecule has 0 spiro atoms. The maximum Gasteiger partial charge on any atom is 0.306 e. The van der Waals surface area contributed by atoms with Gasteiger partial charge >= 0.3 is 17.9 Å². The van der Waals surface area contributed by atoms with E-state index in [2.05, 4.69) is 34.6 Å². The molecule has 2 atom stereocenters. The number of carbonyl (C=O) groups is 3. The molecule has 0 radical (unpaired) electrons. The fourth-order valence-corrected chi connectivity index (χ4v) is 7.07. The van der Waals surface area contributed by atoms with Crippen molar-refractivity contribution in [2.45, 2.75) is 265 Å². The summed E-state index contributed by atoms with van der Waals surface area (Å²) in [5.74, 6) is 0.736. The van der Waals surface area contributed by atoms with Crippen molar-refractivity contribution in [2.24, 2.45) is 11.8 Å². The molecule has 0 aliphatic heterocycles. The Labute approximate surface area is 336 Å². The van der Waals surface area contributed by atoms with Crippen LogP contribution in [0.1, 0.15) is 259 Å². The second-order valence-electron chi connectivity index (χ2n) is 17.1. The molecule has 0 fully saturated rings. The second-order valence-corrected chi connectivity index (χ2v) is 17.1. The summed E-state index contributed by atoms with van der Waals surface area (Å²) in [5.41, 5.74) is 0. The standard InChI is InChI=1S/C48H92O6/c1-6-8-9-10-11-12-13-14-15-16-17-18-19-22-30-35-40-48(51)54-45(41-52-46(49)38-33-28-23-20-21-26-31-36-43(3)4)42-53-47(50)39-34-29-25-24-27-32-37-44(5)7-2/h43-45H,6-42H2,1-5H3/t44?,45-/m1/s1. The number of ether oxygens (including phenoxy) is 3. The minimum Gasteiger partial charge on any atom is -0.462 e. The van der Waals surface area contributed by atoms with E-state index in [1.54, 1.807) is 0 Å². The minimum atomic E-state index is -0.761. The Hall–Kier alpha value is -1.59. The van der Waals surface area contributed by atoms with Gasteiger partial charge < -0.3 is 14.2 Å².